The summed E-state index contributed by atoms with van der Waals surface area (Å²) >= 11 is 0. The zero-order valence-electron chi connectivity index (χ0n) is 12.0. The molecule has 2 unspecified atom stereocenters. The Morgan fingerprint density at radius 3 is 2.40 bits per heavy atom. The lowest BCUT2D eigenvalue weighted by Crippen LogP contribution is -2.40. The third kappa shape index (κ3) is 2.61. The van der Waals surface area contributed by atoms with Gasteiger partial charge in [-0.15, -0.1) is 0 Å². The Kier molecular flexibility index (Phi) is 3.97. The Morgan fingerprint density at radius 1 is 1.30 bits per heavy atom. The highest BCUT2D eigenvalue weighted by molar-refractivity contribution is 5.92. The summed E-state index contributed by atoms with van der Waals surface area (Å²) in [5.74, 6) is -1.31. The van der Waals surface area contributed by atoms with E-state index in [4.69, 9.17) is 5.11 Å². The molecule has 1 aliphatic rings. The third-order valence-electron chi connectivity index (χ3n) is 4.05. The van der Waals surface area contributed by atoms with E-state index in [0.717, 1.165) is 16.8 Å². The highest BCUT2D eigenvalue weighted by Crippen LogP contribution is 2.26. The molecule has 0 aliphatic carbocycles. The van der Waals surface area contributed by atoms with Crippen molar-refractivity contribution in [3.05, 3.63) is 29.3 Å². The van der Waals surface area contributed by atoms with Crippen LogP contribution in [0.2, 0.25) is 0 Å². The van der Waals surface area contributed by atoms with Crippen molar-refractivity contribution in [1.29, 1.82) is 0 Å². The number of para-hydroxylation sites is 1. The van der Waals surface area contributed by atoms with Crippen molar-refractivity contribution < 1.29 is 14.7 Å². The van der Waals surface area contributed by atoms with Gasteiger partial charge in [0.15, 0.2) is 0 Å². The zero-order valence-corrected chi connectivity index (χ0v) is 12.0. The van der Waals surface area contributed by atoms with E-state index >= 15 is 0 Å². The van der Waals surface area contributed by atoms with Crippen molar-refractivity contribution in [2.75, 3.05) is 11.9 Å². The number of rotatable bonds is 2. The maximum Gasteiger partial charge on any atom is 0.322 e. The summed E-state index contributed by atoms with van der Waals surface area (Å²) in [6, 6.07) is 5.32. The largest absolute Gasteiger partial charge is 0.481 e. The second-order valence-electron chi connectivity index (χ2n) is 5.36. The number of nitrogens with zero attached hydrogens (tertiary/aromatic N) is 1. The molecular formula is C15H20N2O3. The van der Waals surface area contributed by atoms with Crippen molar-refractivity contribution in [2.24, 2.45) is 5.92 Å². The Labute approximate surface area is 118 Å². The number of carbonyl (C=O) groups excluding carboxylic acids is 1. The van der Waals surface area contributed by atoms with E-state index in [2.05, 4.69) is 5.32 Å². The number of carbonyl (C=O) groups is 2. The molecule has 2 atom stereocenters. The van der Waals surface area contributed by atoms with Crippen LogP contribution in [0.15, 0.2) is 18.2 Å². The van der Waals surface area contributed by atoms with E-state index in [1.54, 1.807) is 11.8 Å². The fraction of sp³-hybridized carbons (Fsp3) is 0.467. The van der Waals surface area contributed by atoms with Crippen LogP contribution in [0.3, 0.4) is 0 Å². The number of hydrogen-bond acceptors (Lipinski definition) is 2. The van der Waals surface area contributed by atoms with Gasteiger partial charge in [0, 0.05) is 18.3 Å². The standard InChI is InChI=1S/C15H20N2O3/c1-9-5-4-6-10(2)13(9)16-15(20)17-8-7-12(11(17)3)14(18)19/h4-6,11-12H,7-8H2,1-3H3,(H,16,20)(H,18,19). The summed E-state index contributed by atoms with van der Waals surface area (Å²) in [7, 11) is 0. The minimum Gasteiger partial charge on any atom is -0.481 e. The number of urea groups is 1. The molecule has 0 saturated carbocycles. The van der Waals surface area contributed by atoms with E-state index in [1.807, 2.05) is 32.0 Å². The van der Waals surface area contributed by atoms with Crippen LogP contribution in [0.25, 0.3) is 0 Å². The molecule has 20 heavy (non-hydrogen) atoms. The van der Waals surface area contributed by atoms with Gasteiger partial charge in [0.25, 0.3) is 0 Å². The van der Waals surface area contributed by atoms with Gasteiger partial charge in [0.2, 0.25) is 0 Å². The van der Waals surface area contributed by atoms with Gasteiger partial charge in [-0.25, -0.2) is 4.79 Å². The molecule has 5 heteroatoms. The lowest BCUT2D eigenvalue weighted by molar-refractivity contribution is -0.142. The lowest BCUT2D eigenvalue weighted by atomic mass is 10.0. The van der Waals surface area contributed by atoms with Crippen LogP contribution < -0.4 is 5.32 Å². The smallest absolute Gasteiger partial charge is 0.322 e. The average molecular weight is 276 g/mol. The molecule has 1 heterocycles. The Hall–Kier alpha value is -2.04. The normalized spacial score (nSPS) is 21.9. The van der Waals surface area contributed by atoms with Crippen molar-refractivity contribution in [1.82, 2.24) is 4.90 Å². The van der Waals surface area contributed by atoms with Crippen LogP contribution in [-0.2, 0) is 4.79 Å². The van der Waals surface area contributed by atoms with E-state index < -0.39 is 11.9 Å². The Morgan fingerprint density at radius 2 is 1.90 bits per heavy atom. The van der Waals surface area contributed by atoms with E-state index in [0.29, 0.717) is 13.0 Å². The summed E-state index contributed by atoms with van der Waals surface area (Å²) in [6.07, 6.45) is 0.511. The number of amides is 2. The number of hydrogen-bond donors (Lipinski definition) is 2. The van der Waals surface area contributed by atoms with Crippen LogP contribution in [0.1, 0.15) is 24.5 Å². The molecule has 2 amide bonds. The number of benzene rings is 1. The molecule has 2 N–H and O–H groups in total. The molecule has 0 aromatic heterocycles. The average Bonchev–Trinajstić information content (AvgIpc) is 2.76. The summed E-state index contributed by atoms with van der Waals surface area (Å²) in [5.41, 5.74) is 2.81. The quantitative estimate of drug-likeness (QED) is 0.872. The number of nitrogens with one attached hydrogen (secondary N) is 1. The lowest BCUT2D eigenvalue weighted by Gasteiger charge is -2.24. The van der Waals surface area contributed by atoms with Gasteiger partial charge in [-0.1, -0.05) is 18.2 Å². The highest BCUT2D eigenvalue weighted by Gasteiger charge is 2.38. The number of aliphatic carboxylic acids is 1. The molecule has 1 saturated heterocycles. The van der Waals surface area contributed by atoms with Gasteiger partial charge in [0.05, 0.1) is 5.92 Å². The number of aryl methyl sites for hydroxylation is 2. The van der Waals surface area contributed by atoms with Gasteiger partial charge in [0.1, 0.15) is 0 Å². The molecule has 0 bridgehead atoms. The fourth-order valence-corrected chi connectivity index (χ4v) is 2.75. The molecule has 5 nitrogen and oxygen atoms in total. The third-order valence-corrected chi connectivity index (χ3v) is 4.05. The topological polar surface area (TPSA) is 69.6 Å². The monoisotopic (exact) mass is 276 g/mol. The molecule has 1 aromatic rings. The number of anilines is 1. The first-order valence-corrected chi connectivity index (χ1v) is 6.78. The molecule has 2 rings (SSSR count). The first-order valence-electron chi connectivity index (χ1n) is 6.78. The van der Waals surface area contributed by atoms with Crippen LogP contribution in [0.4, 0.5) is 10.5 Å². The van der Waals surface area contributed by atoms with Crippen molar-refractivity contribution >= 4 is 17.7 Å². The van der Waals surface area contributed by atoms with Crippen molar-refractivity contribution in [3.8, 4) is 0 Å². The first kappa shape index (κ1) is 14.4. The molecule has 0 radical (unpaired) electrons. The predicted octanol–water partition coefficient (Wildman–Crippen LogP) is 2.63. The molecule has 1 aromatic carbocycles. The van der Waals surface area contributed by atoms with Crippen molar-refractivity contribution in [2.45, 2.75) is 33.2 Å². The Balaban J connectivity index is 2.12. The zero-order chi connectivity index (χ0) is 14.9. The predicted molar refractivity (Wildman–Crippen MR) is 76.8 cm³/mol. The van der Waals surface area contributed by atoms with Gasteiger partial charge in [-0.3, -0.25) is 4.79 Å². The van der Waals surface area contributed by atoms with Gasteiger partial charge < -0.3 is 15.3 Å². The van der Waals surface area contributed by atoms with Gasteiger partial charge >= 0.3 is 12.0 Å². The summed E-state index contributed by atoms with van der Waals surface area (Å²) in [5, 5.41) is 12.0. The second-order valence-corrected chi connectivity index (χ2v) is 5.36. The summed E-state index contributed by atoms with van der Waals surface area (Å²) in [6.45, 7) is 6.15. The van der Waals surface area contributed by atoms with E-state index in [-0.39, 0.29) is 12.1 Å². The van der Waals surface area contributed by atoms with Crippen LogP contribution in [-0.4, -0.2) is 34.6 Å². The Bertz CT molecular complexity index is 522. The summed E-state index contributed by atoms with van der Waals surface area (Å²) < 4.78 is 0. The highest BCUT2D eigenvalue weighted by atomic mass is 16.4. The SMILES string of the molecule is Cc1cccc(C)c1NC(=O)N1CCC(C(=O)O)C1C. The van der Waals surface area contributed by atoms with E-state index in [9.17, 15) is 9.59 Å². The fourth-order valence-electron chi connectivity index (χ4n) is 2.75. The van der Waals surface area contributed by atoms with Gasteiger partial charge in [-0.2, -0.15) is 0 Å². The maximum atomic E-state index is 12.3. The minimum absolute atomic E-state index is 0.223. The summed E-state index contributed by atoms with van der Waals surface area (Å²) in [4.78, 5) is 25.0. The van der Waals surface area contributed by atoms with Crippen LogP contribution in [0.5, 0.6) is 0 Å². The minimum atomic E-state index is -0.833. The first-order chi connectivity index (χ1) is 9.41. The number of carboxylic acids is 1. The molecule has 1 aliphatic heterocycles. The second kappa shape index (κ2) is 5.53. The van der Waals surface area contributed by atoms with Crippen LogP contribution >= 0.6 is 0 Å². The number of likely N-dealkylation sites (tertiary alicyclic amines) is 1. The van der Waals surface area contributed by atoms with Gasteiger partial charge in [-0.05, 0) is 38.3 Å². The molecule has 0 spiro atoms. The molecular weight excluding hydrogens is 256 g/mol. The molecule has 1 fully saturated rings. The molecule has 108 valence electrons. The van der Waals surface area contributed by atoms with E-state index in [1.165, 1.54) is 0 Å². The van der Waals surface area contributed by atoms with Crippen LogP contribution in [0, 0.1) is 19.8 Å². The maximum absolute atomic E-state index is 12.3. The number of carboxylic acid groups (broad SMARTS) is 1. The van der Waals surface area contributed by atoms with Crippen molar-refractivity contribution in [3.63, 3.8) is 0 Å².